The van der Waals surface area contributed by atoms with E-state index >= 15 is 0 Å². The zero-order chi connectivity index (χ0) is 15.0. The van der Waals surface area contributed by atoms with Crippen LogP contribution in [-0.2, 0) is 13.5 Å². The molecular weight excluding hydrogens is 280 g/mol. The Kier molecular flexibility index (Phi) is 4.20. The summed E-state index contributed by atoms with van der Waals surface area (Å²) in [6, 6.07) is 0.616. The van der Waals surface area contributed by atoms with Gasteiger partial charge in [0.15, 0.2) is 5.11 Å². The van der Waals surface area contributed by atoms with E-state index < -0.39 is 0 Å². The number of thiocarbonyl (C=S) groups is 1. The average molecular weight is 306 g/mol. The van der Waals surface area contributed by atoms with Gasteiger partial charge in [-0.25, -0.2) is 0 Å². The van der Waals surface area contributed by atoms with Crippen LogP contribution in [0, 0.1) is 25.7 Å². The van der Waals surface area contributed by atoms with Gasteiger partial charge in [0.25, 0.3) is 0 Å². The van der Waals surface area contributed by atoms with E-state index in [4.69, 9.17) is 12.2 Å². The van der Waals surface area contributed by atoms with Gasteiger partial charge in [-0.1, -0.05) is 6.42 Å². The summed E-state index contributed by atoms with van der Waals surface area (Å²) in [4.78, 5) is 0. The molecule has 2 N–H and O–H groups in total. The van der Waals surface area contributed by atoms with E-state index in [1.54, 1.807) is 0 Å². The van der Waals surface area contributed by atoms with Crippen molar-refractivity contribution in [3.05, 3.63) is 17.0 Å². The topological polar surface area (TPSA) is 41.9 Å². The number of fused-ring (bicyclic) bond motifs is 2. The van der Waals surface area contributed by atoms with E-state index in [9.17, 15) is 0 Å². The molecular formula is C16H26N4S. The minimum absolute atomic E-state index is 0.616. The fourth-order valence-corrected chi connectivity index (χ4v) is 4.37. The van der Waals surface area contributed by atoms with E-state index in [0.29, 0.717) is 6.04 Å². The fraction of sp³-hybridized carbons (Fsp3) is 0.750. The van der Waals surface area contributed by atoms with Crippen molar-refractivity contribution in [2.24, 2.45) is 18.9 Å². The lowest BCUT2D eigenvalue weighted by molar-refractivity contribution is 0.389. The van der Waals surface area contributed by atoms with Gasteiger partial charge in [-0.2, -0.15) is 5.10 Å². The fourth-order valence-electron chi connectivity index (χ4n) is 4.12. The third-order valence-electron chi connectivity index (χ3n) is 5.37. The minimum Gasteiger partial charge on any atom is -0.362 e. The molecule has 5 heteroatoms. The number of rotatable bonds is 4. The number of nitrogens with zero attached hydrogens (tertiary/aromatic N) is 2. The predicted octanol–water partition coefficient (Wildman–Crippen LogP) is 2.23. The largest absolute Gasteiger partial charge is 0.362 e. The highest BCUT2D eigenvalue weighted by Gasteiger charge is 2.39. The third kappa shape index (κ3) is 3.07. The number of nitrogens with one attached hydrogen (secondary N) is 2. The summed E-state index contributed by atoms with van der Waals surface area (Å²) in [6.07, 6.45) is 6.52. The number of hydrogen-bond acceptors (Lipinski definition) is 2. The van der Waals surface area contributed by atoms with Crippen molar-refractivity contribution >= 4 is 17.3 Å². The van der Waals surface area contributed by atoms with Crippen molar-refractivity contribution in [2.75, 3.05) is 6.54 Å². The summed E-state index contributed by atoms with van der Waals surface area (Å²) < 4.78 is 1.95. The van der Waals surface area contributed by atoms with E-state index in [-0.39, 0.29) is 0 Å². The highest BCUT2D eigenvalue weighted by Crippen LogP contribution is 2.44. The first-order chi connectivity index (χ1) is 10.0. The Bertz CT molecular complexity index is 537. The first-order valence-corrected chi connectivity index (χ1v) is 8.49. The predicted molar refractivity (Wildman–Crippen MR) is 89.4 cm³/mol. The first kappa shape index (κ1) is 14.8. The molecule has 0 unspecified atom stereocenters. The molecule has 4 nitrogen and oxygen atoms in total. The van der Waals surface area contributed by atoms with Gasteiger partial charge < -0.3 is 10.6 Å². The molecule has 3 atom stereocenters. The average Bonchev–Trinajstić information content (AvgIpc) is 3.10. The van der Waals surface area contributed by atoms with E-state index in [0.717, 1.165) is 35.6 Å². The second-order valence-electron chi connectivity index (χ2n) is 6.70. The molecule has 2 saturated carbocycles. The van der Waals surface area contributed by atoms with E-state index in [1.165, 1.54) is 36.9 Å². The molecule has 1 aromatic rings. The van der Waals surface area contributed by atoms with Crippen LogP contribution in [0.4, 0.5) is 0 Å². The monoisotopic (exact) mass is 306 g/mol. The molecule has 3 rings (SSSR count). The van der Waals surface area contributed by atoms with Gasteiger partial charge in [-0.05, 0) is 69.1 Å². The van der Waals surface area contributed by atoms with Crippen LogP contribution in [-0.4, -0.2) is 27.5 Å². The molecule has 2 aliphatic rings. The molecule has 1 aromatic heterocycles. The summed E-state index contributed by atoms with van der Waals surface area (Å²) in [5, 5.41) is 12.2. The van der Waals surface area contributed by atoms with Gasteiger partial charge in [0.2, 0.25) is 0 Å². The second kappa shape index (κ2) is 5.95. The molecule has 0 radical (unpaired) electrons. The molecule has 2 aliphatic carbocycles. The lowest BCUT2D eigenvalue weighted by atomic mass is 9.96. The van der Waals surface area contributed by atoms with Gasteiger partial charge in [0, 0.05) is 25.3 Å². The molecule has 0 saturated heterocycles. The Morgan fingerprint density at radius 3 is 2.71 bits per heavy atom. The highest BCUT2D eigenvalue weighted by atomic mass is 32.1. The van der Waals surface area contributed by atoms with E-state index in [1.807, 2.05) is 11.7 Å². The Morgan fingerprint density at radius 2 is 2.14 bits per heavy atom. The summed E-state index contributed by atoms with van der Waals surface area (Å²) >= 11 is 5.45. The summed E-state index contributed by atoms with van der Waals surface area (Å²) in [6.45, 7) is 5.08. The molecule has 21 heavy (non-hydrogen) atoms. The van der Waals surface area contributed by atoms with Crippen molar-refractivity contribution < 1.29 is 0 Å². The van der Waals surface area contributed by atoms with Crippen LogP contribution in [0.15, 0.2) is 0 Å². The van der Waals surface area contributed by atoms with Crippen molar-refractivity contribution in [1.29, 1.82) is 0 Å². The molecule has 0 spiro atoms. The quantitative estimate of drug-likeness (QED) is 0.837. The van der Waals surface area contributed by atoms with Crippen LogP contribution in [0.1, 0.15) is 42.6 Å². The zero-order valence-corrected chi connectivity index (χ0v) is 14.1. The maximum atomic E-state index is 5.45. The van der Waals surface area contributed by atoms with Gasteiger partial charge in [0.05, 0.1) is 5.69 Å². The molecule has 2 fully saturated rings. The van der Waals surface area contributed by atoms with Crippen LogP contribution < -0.4 is 10.6 Å². The third-order valence-corrected chi connectivity index (χ3v) is 5.64. The lowest BCUT2D eigenvalue weighted by Gasteiger charge is -2.24. The zero-order valence-electron chi connectivity index (χ0n) is 13.3. The van der Waals surface area contributed by atoms with Crippen LogP contribution in [0.3, 0.4) is 0 Å². The summed E-state index contributed by atoms with van der Waals surface area (Å²) in [5.74, 6) is 1.81. The molecule has 116 valence electrons. The Labute approximate surface area is 132 Å². The molecule has 0 aromatic carbocycles. The van der Waals surface area contributed by atoms with Crippen molar-refractivity contribution in [2.45, 2.75) is 52.0 Å². The number of aryl methyl sites for hydroxylation is 2. The standard InChI is InChI=1S/C16H26N4S/c1-10-14(11(2)20(3)19-10)6-7-17-16(21)18-15-9-12-4-5-13(15)8-12/h12-13,15H,4-9H2,1-3H3,(H2,17,18,21)/t12-,13-,15-/m0/s1. The van der Waals surface area contributed by atoms with Crippen LogP contribution in [0.5, 0.6) is 0 Å². The van der Waals surface area contributed by atoms with E-state index in [2.05, 4.69) is 29.6 Å². The maximum absolute atomic E-state index is 5.45. The maximum Gasteiger partial charge on any atom is 0.166 e. The minimum atomic E-state index is 0.616. The Balaban J connectivity index is 1.44. The van der Waals surface area contributed by atoms with Crippen molar-refractivity contribution in [1.82, 2.24) is 20.4 Å². The normalized spacial score (nSPS) is 27.1. The van der Waals surface area contributed by atoms with Crippen LogP contribution >= 0.6 is 12.2 Å². The number of hydrogen-bond donors (Lipinski definition) is 2. The van der Waals surface area contributed by atoms with Crippen LogP contribution in [0.2, 0.25) is 0 Å². The molecule has 1 heterocycles. The summed E-state index contributed by atoms with van der Waals surface area (Å²) in [5.41, 5.74) is 3.72. The summed E-state index contributed by atoms with van der Waals surface area (Å²) in [7, 11) is 2.00. The molecule has 2 bridgehead atoms. The number of aromatic nitrogens is 2. The van der Waals surface area contributed by atoms with Gasteiger partial charge in [-0.3, -0.25) is 4.68 Å². The lowest BCUT2D eigenvalue weighted by Crippen LogP contribution is -2.44. The second-order valence-corrected chi connectivity index (χ2v) is 7.11. The molecule has 0 amide bonds. The molecule has 0 aliphatic heterocycles. The van der Waals surface area contributed by atoms with Gasteiger partial charge in [-0.15, -0.1) is 0 Å². The Hall–Kier alpha value is -1.10. The SMILES string of the molecule is Cc1nn(C)c(C)c1CCNC(=S)N[C@H]1C[C@H]2CC[C@H]1C2. The van der Waals surface area contributed by atoms with Crippen LogP contribution in [0.25, 0.3) is 0 Å². The van der Waals surface area contributed by atoms with Crippen molar-refractivity contribution in [3.63, 3.8) is 0 Å². The first-order valence-electron chi connectivity index (χ1n) is 8.08. The van der Waals surface area contributed by atoms with Gasteiger partial charge >= 0.3 is 0 Å². The highest BCUT2D eigenvalue weighted by molar-refractivity contribution is 7.80. The van der Waals surface area contributed by atoms with Crippen molar-refractivity contribution in [3.8, 4) is 0 Å². The smallest absolute Gasteiger partial charge is 0.166 e. The van der Waals surface area contributed by atoms with Gasteiger partial charge in [0.1, 0.15) is 0 Å². The Morgan fingerprint density at radius 1 is 1.33 bits per heavy atom.